The van der Waals surface area contributed by atoms with Gasteiger partial charge in [0.25, 0.3) is 0 Å². The fraction of sp³-hybridized carbons (Fsp3) is 0.528. The van der Waals surface area contributed by atoms with E-state index in [1.807, 2.05) is 12.1 Å². The van der Waals surface area contributed by atoms with Crippen LogP contribution in [0.4, 0.5) is 0 Å². The van der Waals surface area contributed by atoms with E-state index in [2.05, 4.69) is 82.4 Å². The molecule has 0 amide bonds. The molecule has 4 rings (SSSR count). The van der Waals surface area contributed by atoms with E-state index in [9.17, 15) is 4.79 Å². The van der Waals surface area contributed by atoms with Crippen LogP contribution in [-0.2, 0) is 31.7 Å². The number of aryl methyl sites for hydroxylation is 1. The summed E-state index contributed by atoms with van der Waals surface area (Å²) in [4.78, 5) is 11.4. The molecule has 3 atom stereocenters. The molecule has 228 valence electrons. The van der Waals surface area contributed by atoms with Crippen LogP contribution < -0.4 is 4.74 Å². The van der Waals surface area contributed by atoms with E-state index < -0.39 is 8.32 Å². The molecular formula is C36H50O5Si. The van der Waals surface area contributed by atoms with Crippen molar-refractivity contribution in [2.75, 3.05) is 14.2 Å². The lowest BCUT2D eigenvalue weighted by atomic mass is 9.87. The van der Waals surface area contributed by atoms with Crippen LogP contribution in [-0.4, -0.2) is 34.6 Å². The molecule has 2 aliphatic carbocycles. The predicted octanol–water partition coefficient (Wildman–Crippen LogP) is 8.99. The van der Waals surface area contributed by atoms with Crippen LogP contribution in [0.1, 0.15) is 93.6 Å². The van der Waals surface area contributed by atoms with Crippen molar-refractivity contribution in [1.29, 1.82) is 0 Å². The van der Waals surface area contributed by atoms with E-state index >= 15 is 0 Å². The molecule has 6 heteroatoms. The topological polar surface area (TPSA) is 54.0 Å². The molecule has 1 unspecified atom stereocenters. The summed E-state index contributed by atoms with van der Waals surface area (Å²) in [5.74, 6) is 0.976. The Bertz CT molecular complexity index is 1250. The van der Waals surface area contributed by atoms with Crippen LogP contribution in [0, 0.1) is 0 Å². The molecule has 2 aromatic carbocycles. The van der Waals surface area contributed by atoms with E-state index in [0.717, 1.165) is 49.8 Å². The smallest absolute Gasteiger partial charge is 0.305 e. The highest BCUT2D eigenvalue weighted by Crippen LogP contribution is 2.46. The second kappa shape index (κ2) is 14.2. The molecule has 0 fully saturated rings. The molecule has 0 radical (unpaired) electrons. The molecule has 2 aliphatic rings. The van der Waals surface area contributed by atoms with Crippen molar-refractivity contribution in [1.82, 2.24) is 0 Å². The second-order valence-corrected chi connectivity index (χ2v) is 18.0. The number of methoxy groups -OCH3 is 2. The minimum absolute atomic E-state index is 0.127. The van der Waals surface area contributed by atoms with Crippen molar-refractivity contribution in [2.24, 2.45) is 0 Å². The third-order valence-electron chi connectivity index (χ3n) is 9.29. The summed E-state index contributed by atoms with van der Waals surface area (Å²) in [6, 6.07) is 15.2. The van der Waals surface area contributed by atoms with Crippen LogP contribution in [0.5, 0.6) is 5.75 Å². The SMILES string of the molecule is COC(=O)CCC/C=C\CC1=CC[C@@H](O[Si](C)(C)C(C)(C)C)[C@H]1c1ccc2c(c1)CCC2OCc1ccc(OC)cc1. The Morgan fingerprint density at radius 1 is 1.05 bits per heavy atom. The molecule has 0 aliphatic heterocycles. The van der Waals surface area contributed by atoms with Crippen LogP contribution in [0.3, 0.4) is 0 Å². The Morgan fingerprint density at radius 2 is 1.81 bits per heavy atom. The monoisotopic (exact) mass is 590 g/mol. The van der Waals surface area contributed by atoms with E-state index in [4.69, 9.17) is 18.6 Å². The first-order valence-corrected chi connectivity index (χ1v) is 18.4. The van der Waals surface area contributed by atoms with Crippen molar-refractivity contribution < 1.29 is 23.4 Å². The van der Waals surface area contributed by atoms with Gasteiger partial charge in [-0.15, -0.1) is 0 Å². The molecule has 0 heterocycles. The quantitative estimate of drug-likeness (QED) is 0.101. The number of benzene rings is 2. The van der Waals surface area contributed by atoms with Crippen molar-refractivity contribution in [3.63, 3.8) is 0 Å². The molecule has 5 nitrogen and oxygen atoms in total. The van der Waals surface area contributed by atoms with Crippen molar-refractivity contribution in [3.05, 3.63) is 88.5 Å². The van der Waals surface area contributed by atoms with Gasteiger partial charge in [0, 0.05) is 12.3 Å². The molecule has 0 N–H and O–H groups in total. The highest BCUT2D eigenvalue weighted by molar-refractivity contribution is 6.74. The number of fused-ring (bicyclic) bond motifs is 1. The number of hydrogen-bond acceptors (Lipinski definition) is 5. The van der Waals surface area contributed by atoms with Gasteiger partial charge in [-0.3, -0.25) is 4.79 Å². The zero-order chi connectivity index (χ0) is 30.3. The van der Waals surface area contributed by atoms with Gasteiger partial charge in [0.2, 0.25) is 0 Å². The van der Waals surface area contributed by atoms with Gasteiger partial charge in [0.05, 0.1) is 33.0 Å². The number of rotatable bonds is 13. The summed E-state index contributed by atoms with van der Waals surface area (Å²) in [5.41, 5.74) is 6.68. The molecule has 0 spiro atoms. The number of ether oxygens (including phenoxy) is 3. The summed E-state index contributed by atoms with van der Waals surface area (Å²) in [7, 11) is 1.19. The Kier molecular flexibility index (Phi) is 10.9. The molecule has 0 saturated carbocycles. The van der Waals surface area contributed by atoms with Gasteiger partial charge in [-0.25, -0.2) is 0 Å². The van der Waals surface area contributed by atoms with Gasteiger partial charge in [-0.05, 0) is 91.0 Å². The third kappa shape index (κ3) is 8.03. The number of esters is 1. The van der Waals surface area contributed by atoms with Gasteiger partial charge in [0.15, 0.2) is 8.32 Å². The lowest BCUT2D eigenvalue weighted by Gasteiger charge is -2.40. The van der Waals surface area contributed by atoms with Gasteiger partial charge in [-0.2, -0.15) is 0 Å². The van der Waals surface area contributed by atoms with Crippen LogP contribution in [0.15, 0.2) is 66.3 Å². The molecule has 0 bridgehead atoms. The molecule has 42 heavy (non-hydrogen) atoms. The molecule has 0 aromatic heterocycles. The summed E-state index contributed by atoms with van der Waals surface area (Å²) in [5, 5.41) is 0.159. The van der Waals surface area contributed by atoms with Crippen molar-refractivity contribution in [3.8, 4) is 5.75 Å². The number of unbranched alkanes of at least 4 members (excludes halogenated alkanes) is 1. The maximum atomic E-state index is 11.4. The number of carbonyl (C=O) groups is 1. The Morgan fingerprint density at radius 3 is 2.50 bits per heavy atom. The van der Waals surface area contributed by atoms with Crippen LogP contribution in [0.25, 0.3) is 0 Å². The summed E-state index contributed by atoms with van der Waals surface area (Å²) < 4.78 is 23.5. The lowest BCUT2D eigenvalue weighted by molar-refractivity contribution is -0.140. The Hall–Kier alpha value is -2.67. The third-order valence-corrected chi connectivity index (χ3v) is 13.8. The zero-order valence-electron chi connectivity index (χ0n) is 26.7. The number of carbonyl (C=O) groups excluding carboxylic acids is 1. The second-order valence-electron chi connectivity index (χ2n) is 13.2. The van der Waals surface area contributed by atoms with E-state index in [1.54, 1.807) is 7.11 Å². The minimum Gasteiger partial charge on any atom is -0.497 e. The minimum atomic E-state index is -1.94. The summed E-state index contributed by atoms with van der Waals surface area (Å²) >= 11 is 0. The predicted molar refractivity (Wildman–Crippen MR) is 172 cm³/mol. The fourth-order valence-corrected chi connectivity index (χ4v) is 7.11. The highest BCUT2D eigenvalue weighted by atomic mass is 28.4. The van der Waals surface area contributed by atoms with Crippen LogP contribution >= 0.6 is 0 Å². The van der Waals surface area contributed by atoms with Crippen LogP contribution in [0.2, 0.25) is 18.1 Å². The largest absolute Gasteiger partial charge is 0.497 e. The molecule has 2 aromatic rings. The van der Waals surface area contributed by atoms with E-state index in [-0.39, 0.29) is 29.1 Å². The molecule has 0 saturated heterocycles. The molecular weight excluding hydrogens is 540 g/mol. The first-order valence-electron chi connectivity index (χ1n) is 15.5. The van der Waals surface area contributed by atoms with Gasteiger partial charge in [-0.1, -0.05) is 74.9 Å². The normalized spacial score (nSPS) is 20.5. The Labute approximate surface area is 254 Å². The maximum absolute atomic E-state index is 11.4. The first kappa shape index (κ1) is 32.2. The fourth-order valence-electron chi connectivity index (χ4n) is 5.77. The maximum Gasteiger partial charge on any atom is 0.305 e. The average Bonchev–Trinajstić information content (AvgIpc) is 3.55. The summed E-state index contributed by atoms with van der Waals surface area (Å²) in [6.45, 7) is 12.3. The Balaban J connectivity index is 1.47. The lowest BCUT2D eigenvalue weighted by Crippen LogP contribution is -2.44. The van der Waals surface area contributed by atoms with Gasteiger partial charge < -0.3 is 18.6 Å². The van der Waals surface area contributed by atoms with Gasteiger partial charge in [0.1, 0.15) is 5.75 Å². The standard InChI is InChI=1S/C36H50O5Si/c1-36(2,3)42(6,7)41-33-23-17-27(12-10-8-9-11-13-34(37)39-5)35(33)29-16-21-31-28(24-29)18-22-32(31)40-25-26-14-19-30(38-4)20-15-26/h8,10,14-17,19-21,24,32-33,35H,9,11-13,18,22-23,25H2,1-7H3/b10-8-/t32?,33-,35-/m1/s1. The summed E-state index contributed by atoms with van der Waals surface area (Å²) in [6.07, 6.45) is 13.2. The number of allylic oxidation sites excluding steroid dienone is 2. The van der Waals surface area contributed by atoms with Gasteiger partial charge >= 0.3 is 5.97 Å². The first-order chi connectivity index (χ1) is 20.0. The van der Waals surface area contributed by atoms with E-state index in [1.165, 1.54) is 29.4 Å². The van der Waals surface area contributed by atoms with Crippen molar-refractivity contribution in [2.45, 2.75) is 109 Å². The zero-order valence-corrected chi connectivity index (χ0v) is 27.7. The number of hydrogen-bond donors (Lipinski definition) is 0. The highest BCUT2D eigenvalue weighted by Gasteiger charge is 2.43. The van der Waals surface area contributed by atoms with Crippen molar-refractivity contribution >= 4 is 14.3 Å². The average molecular weight is 591 g/mol. The van der Waals surface area contributed by atoms with E-state index in [0.29, 0.717) is 13.0 Å².